The highest BCUT2D eigenvalue weighted by molar-refractivity contribution is 5.71. The van der Waals surface area contributed by atoms with Crippen LogP contribution in [0.2, 0.25) is 0 Å². The van der Waals surface area contributed by atoms with E-state index in [-0.39, 0.29) is 31.1 Å². The molecule has 6 nitrogen and oxygen atoms in total. The zero-order chi connectivity index (χ0) is 50.0. The molecule has 0 aliphatic carbocycles. The average Bonchev–Trinajstić information content (AvgIpc) is 3.35. The monoisotopic (exact) mass is 963 g/mol. The van der Waals surface area contributed by atoms with Crippen LogP contribution in [0.25, 0.3) is 0 Å². The van der Waals surface area contributed by atoms with E-state index >= 15 is 0 Å². The van der Waals surface area contributed by atoms with Gasteiger partial charge in [-0.15, -0.1) is 0 Å². The Morgan fingerprint density at radius 3 is 0.855 bits per heavy atom. The van der Waals surface area contributed by atoms with Crippen molar-refractivity contribution in [3.8, 4) is 0 Å². The number of carbonyl (C=O) groups is 3. The van der Waals surface area contributed by atoms with Crippen molar-refractivity contribution >= 4 is 17.9 Å². The molecule has 0 rings (SSSR count). The van der Waals surface area contributed by atoms with Crippen LogP contribution in [-0.2, 0) is 28.6 Å². The highest BCUT2D eigenvalue weighted by Crippen LogP contribution is 2.15. The topological polar surface area (TPSA) is 78.9 Å². The fourth-order valence-electron chi connectivity index (χ4n) is 8.18. The standard InChI is InChI=1S/C63H110O6/c1-4-7-10-13-16-19-22-25-28-30-31-33-35-38-41-44-47-50-53-56-62(65)68-59-60(58-67-61(64)55-52-49-46-43-40-37-34-27-24-21-18-15-12-9-6-3)69-63(66)57-54-51-48-45-42-39-36-32-29-26-23-20-17-14-11-8-5-2/h16,18-19,21,25-29,31,33-34,60H,4-15,17,20,22-24,30,32,35-59H2,1-3H3/b19-16-,21-18-,28-25-,29-26-,33-31-,34-27-/t60-/m1/s1. The second-order valence-corrected chi connectivity index (χ2v) is 19.5. The molecule has 0 unspecified atom stereocenters. The fourth-order valence-corrected chi connectivity index (χ4v) is 8.18. The van der Waals surface area contributed by atoms with E-state index in [0.717, 1.165) is 96.3 Å². The molecule has 1 atom stereocenters. The maximum atomic E-state index is 12.9. The van der Waals surface area contributed by atoms with E-state index in [9.17, 15) is 14.4 Å². The first-order chi connectivity index (χ1) is 34.0. The SMILES string of the molecule is CCCCC/C=C\C/C=C\C/C=C\CCCCCCCCC(=O)OC[C@@H](COC(=O)CCCCCCC/C=C\C/C=C\CCCCC)OC(=O)CCCCCCCCC/C=C\CCCCCCCC. The predicted molar refractivity (Wildman–Crippen MR) is 298 cm³/mol. The van der Waals surface area contributed by atoms with Gasteiger partial charge in [-0.2, -0.15) is 0 Å². The van der Waals surface area contributed by atoms with E-state index in [0.29, 0.717) is 19.3 Å². The van der Waals surface area contributed by atoms with Crippen LogP contribution < -0.4 is 0 Å². The van der Waals surface area contributed by atoms with Gasteiger partial charge < -0.3 is 14.2 Å². The summed E-state index contributed by atoms with van der Waals surface area (Å²) in [6.45, 7) is 6.58. The van der Waals surface area contributed by atoms with Crippen molar-refractivity contribution < 1.29 is 28.6 Å². The summed E-state index contributed by atoms with van der Waals surface area (Å²) >= 11 is 0. The van der Waals surface area contributed by atoms with E-state index in [2.05, 4.69) is 93.7 Å². The molecule has 0 aromatic carbocycles. The van der Waals surface area contributed by atoms with Crippen LogP contribution >= 0.6 is 0 Å². The average molecular weight is 964 g/mol. The van der Waals surface area contributed by atoms with Crippen LogP contribution in [0.5, 0.6) is 0 Å². The highest BCUT2D eigenvalue weighted by Gasteiger charge is 2.19. The van der Waals surface area contributed by atoms with Gasteiger partial charge >= 0.3 is 17.9 Å². The summed E-state index contributed by atoms with van der Waals surface area (Å²) in [5, 5.41) is 0. The number of allylic oxidation sites excluding steroid dienone is 12. The van der Waals surface area contributed by atoms with Crippen LogP contribution in [-0.4, -0.2) is 37.2 Å². The number of ether oxygens (including phenoxy) is 3. The van der Waals surface area contributed by atoms with Crippen molar-refractivity contribution in [2.24, 2.45) is 0 Å². The Morgan fingerprint density at radius 1 is 0.290 bits per heavy atom. The molecular formula is C63H110O6. The molecule has 0 aromatic rings. The lowest BCUT2D eigenvalue weighted by Crippen LogP contribution is -2.30. The number of rotatable bonds is 53. The summed E-state index contributed by atoms with van der Waals surface area (Å²) in [6, 6.07) is 0. The maximum absolute atomic E-state index is 12.9. The van der Waals surface area contributed by atoms with Gasteiger partial charge in [0.1, 0.15) is 13.2 Å². The Balaban J connectivity index is 4.42. The minimum Gasteiger partial charge on any atom is -0.462 e. The smallest absolute Gasteiger partial charge is 0.306 e. The van der Waals surface area contributed by atoms with E-state index in [4.69, 9.17) is 14.2 Å². The number of unbranched alkanes of at least 4 members (excludes halogenated alkanes) is 30. The molecule has 0 spiro atoms. The van der Waals surface area contributed by atoms with Gasteiger partial charge in [0.25, 0.3) is 0 Å². The lowest BCUT2D eigenvalue weighted by atomic mass is 10.1. The molecule has 0 saturated carbocycles. The van der Waals surface area contributed by atoms with Crippen molar-refractivity contribution in [1.29, 1.82) is 0 Å². The first-order valence-electron chi connectivity index (χ1n) is 29.4. The maximum Gasteiger partial charge on any atom is 0.306 e. The summed E-state index contributed by atoms with van der Waals surface area (Å²) in [5.41, 5.74) is 0. The summed E-state index contributed by atoms with van der Waals surface area (Å²) in [4.78, 5) is 38.2. The van der Waals surface area contributed by atoms with E-state index in [1.165, 1.54) is 154 Å². The lowest BCUT2D eigenvalue weighted by molar-refractivity contribution is -0.167. The van der Waals surface area contributed by atoms with Crippen molar-refractivity contribution in [2.75, 3.05) is 13.2 Å². The Bertz CT molecular complexity index is 1290. The van der Waals surface area contributed by atoms with E-state index in [1.807, 2.05) is 0 Å². The van der Waals surface area contributed by atoms with E-state index in [1.54, 1.807) is 0 Å². The van der Waals surface area contributed by atoms with E-state index < -0.39 is 6.10 Å². The van der Waals surface area contributed by atoms with Crippen molar-refractivity contribution in [2.45, 2.75) is 297 Å². The molecule has 0 fully saturated rings. The second kappa shape index (κ2) is 57.4. The van der Waals surface area contributed by atoms with Gasteiger partial charge in [-0.1, -0.05) is 229 Å². The van der Waals surface area contributed by atoms with Gasteiger partial charge in [-0.3, -0.25) is 14.4 Å². The molecule has 0 radical (unpaired) electrons. The highest BCUT2D eigenvalue weighted by atomic mass is 16.6. The molecule has 6 heteroatoms. The molecule has 0 heterocycles. The molecule has 0 amide bonds. The molecule has 0 N–H and O–H groups in total. The first kappa shape index (κ1) is 65.8. The second-order valence-electron chi connectivity index (χ2n) is 19.5. The zero-order valence-electron chi connectivity index (χ0n) is 45.6. The Labute approximate surface area is 427 Å². The zero-order valence-corrected chi connectivity index (χ0v) is 45.6. The molecule has 0 bridgehead atoms. The molecular weight excluding hydrogens is 853 g/mol. The van der Waals surface area contributed by atoms with Crippen LogP contribution in [0.1, 0.15) is 290 Å². The molecule has 0 aliphatic heterocycles. The third-order valence-corrected chi connectivity index (χ3v) is 12.7. The van der Waals surface area contributed by atoms with Gasteiger partial charge in [-0.05, 0) is 116 Å². The summed E-state index contributed by atoms with van der Waals surface area (Å²) in [7, 11) is 0. The van der Waals surface area contributed by atoms with Crippen LogP contribution in [0.15, 0.2) is 72.9 Å². The summed E-state index contributed by atoms with van der Waals surface area (Å²) in [5.74, 6) is -0.909. The third-order valence-electron chi connectivity index (χ3n) is 12.7. The number of hydrogen-bond donors (Lipinski definition) is 0. The van der Waals surface area contributed by atoms with Gasteiger partial charge in [-0.25, -0.2) is 0 Å². The lowest BCUT2D eigenvalue weighted by Gasteiger charge is -2.18. The largest absolute Gasteiger partial charge is 0.462 e. The van der Waals surface area contributed by atoms with Crippen molar-refractivity contribution in [3.63, 3.8) is 0 Å². The predicted octanol–water partition coefficient (Wildman–Crippen LogP) is 19.8. The van der Waals surface area contributed by atoms with Crippen LogP contribution in [0, 0.1) is 0 Å². The molecule has 0 aliphatic rings. The van der Waals surface area contributed by atoms with Crippen LogP contribution in [0.3, 0.4) is 0 Å². The van der Waals surface area contributed by atoms with Gasteiger partial charge in [0.2, 0.25) is 0 Å². The third kappa shape index (κ3) is 55.6. The normalized spacial score (nSPS) is 12.6. The fraction of sp³-hybridized carbons (Fsp3) is 0.762. The molecule has 398 valence electrons. The summed E-state index contributed by atoms with van der Waals surface area (Å²) in [6.07, 6.45) is 73.1. The quantitative estimate of drug-likeness (QED) is 0.0262. The van der Waals surface area contributed by atoms with Crippen molar-refractivity contribution in [3.05, 3.63) is 72.9 Å². The molecule has 0 aromatic heterocycles. The van der Waals surface area contributed by atoms with Crippen LogP contribution in [0.4, 0.5) is 0 Å². The summed E-state index contributed by atoms with van der Waals surface area (Å²) < 4.78 is 16.9. The first-order valence-corrected chi connectivity index (χ1v) is 29.4. The Hall–Kier alpha value is -3.15. The van der Waals surface area contributed by atoms with Gasteiger partial charge in [0.05, 0.1) is 0 Å². The number of esters is 3. The number of hydrogen-bond acceptors (Lipinski definition) is 6. The molecule has 0 saturated heterocycles. The molecule has 69 heavy (non-hydrogen) atoms. The van der Waals surface area contributed by atoms with Gasteiger partial charge in [0, 0.05) is 19.3 Å². The Kier molecular flexibility index (Phi) is 54.8. The number of carbonyl (C=O) groups excluding carboxylic acids is 3. The minimum atomic E-state index is -0.790. The Morgan fingerprint density at radius 2 is 0.522 bits per heavy atom. The van der Waals surface area contributed by atoms with Crippen molar-refractivity contribution in [1.82, 2.24) is 0 Å². The van der Waals surface area contributed by atoms with Gasteiger partial charge in [0.15, 0.2) is 6.10 Å². The minimum absolute atomic E-state index is 0.0880.